The normalized spacial score (nSPS) is 10.4. The Morgan fingerprint density at radius 3 is 2.92 bits per heavy atom. The molecular formula is C10H8NO. The van der Waals surface area contributed by atoms with E-state index in [0.29, 0.717) is 0 Å². The Labute approximate surface area is 70.1 Å². The summed E-state index contributed by atoms with van der Waals surface area (Å²) >= 11 is 0. The Morgan fingerprint density at radius 2 is 2.08 bits per heavy atom. The molecule has 0 aliphatic heterocycles. The van der Waals surface area contributed by atoms with Crippen molar-refractivity contribution in [2.24, 2.45) is 7.05 Å². The van der Waals surface area contributed by atoms with E-state index in [1.807, 2.05) is 24.3 Å². The largest absolute Gasteiger partial charge is 0.311 e. The van der Waals surface area contributed by atoms with Crippen molar-refractivity contribution in [3.63, 3.8) is 0 Å². The summed E-state index contributed by atoms with van der Waals surface area (Å²) in [4.78, 5) is 11.1. The van der Waals surface area contributed by atoms with Gasteiger partial charge < -0.3 is 4.57 Å². The Kier molecular flexibility index (Phi) is 1.47. The Morgan fingerprint density at radius 1 is 1.33 bits per heavy atom. The van der Waals surface area contributed by atoms with Crippen molar-refractivity contribution in [2.75, 3.05) is 0 Å². The van der Waals surface area contributed by atoms with Gasteiger partial charge in [-0.15, -0.1) is 0 Å². The molecule has 1 aromatic heterocycles. The molecule has 2 rings (SSSR count). The van der Waals surface area contributed by atoms with Crippen LogP contribution in [0.1, 0.15) is 0 Å². The second kappa shape index (κ2) is 2.48. The van der Waals surface area contributed by atoms with Crippen LogP contribution in [0.3, 0.4) is 0 Å². The number of hydrogen-bond donors (Lipinski definition) is 0. The van der Waals surface area contributed by atoms with E-state index in [-0.39, 0.29) is 5.56 Å². The number of hydrogen-bond acceptors (Lipinski definition) is 1. The summed E-state index contributed by atoms with van der Waals surface area (Å²) in [7, 11) is 1.75. The summed E-state index contributed by atoms with van der Waals surface area (Å²) in [5.74, 6) is 0. The Bertz CT molecular complexity index is 470. The molecule has 0 saturated carbocycles. The molecule has 59 valence electrons. The lowest BCUT2D eigenvalue weighted by atomic mass is 10.2. The maximum Gasteiger partial charge on any atom is 0.258 e. The van der Waals surface area contributed by atoms with Crippen LogP contribution in [0.5, 0.6) is 0 Å². The standard InChI is InChI=1S/C10H8NO/c1-11-9-5-3-2-4-8(9)6-7-10(11)12/h2-6H,1H3. The number of rotatable bonds is 0. The molecule has 0 amide bonds. The number of para-hydroxylation sites is 1. The van der Waals surface area contributed by atoms with Crippen LogP contribution in [0.25, 0.3) is 10.9 Å². The smallest absolute Gasteiger partial charge is 0.258 e. The lowest BCUT2D eigenvalue weighted by Crippen LogP contribution is -2.15. The molecule has 0 unspecified atom stereocenters. The van der Waals surface area contributed by atoms with Gasteiger partial charge in [-0.05, 0) is 17.5 Å². The van der Waals surface area contributed by atoms with E-state index in [9.17, 15) is 4.79 Å². The highest BCUT2D eigenvalue weighted by Crippen LogP contribution is 2.08. The number of aromatic nitrogens is 1. The van der Waals surface area contributed by atoms with Crippen LogP contribution < -0.4 is 5.56 Å². The maximum absolute atomic E-state index is 11.1. The molecule has 0 atom stereocenters. The van der Waals surface area contributed by atoms with Crippen molar-refractivity contribution in [1.82, 2.24) is 4.57 Å². The molecular weight excluding hydrogens is 150 g/mol. The van der Waals surface area contributed by atoms with Gasteiger partial charge in [0.15, 0.2) is 0 Å². The molecule has 1 aromatic carbocycles. The third kappa shape index (κ3) is 0.925. The van der Waals surface area contributed by atoms with Crippen molar-refractivity contribution in [3.05, 3.63) is 46.8 Å². The molecule has 2 aromatic rings. The van der Waals surface area contributed by atoms with Crippen LogP contribution >= 0.6 is 0 Å². The van der Waals surface area contributed by atoms with Crippen molar-refractivity contribution in [1.29, 1.82) is 0 Å². The summed E-state index contributed by atoms with van der Waals surface area (Å²) in [6.45, 7) is 0. The van der Waals surface area contributed by atoms with Crippen LogP contribution in [0.15, 0.2) is 35.1 Å². The predicted molar refractivity (Wildman–Crippen MR) is 48.0 cm³/mol. The third-order valence-electron chi connectivity index (χ3n) is 1.95. The van der Waals surface area contributed by atoms with Crippen molar-refractivity contribution >= 4 is 10.9 Å². The molecule has 0 fully saturated rings. The highest BCUT2D eigenvalue weighted by atomic mass is 16.1. The molecule has 0 saturated heterocycles. The highest BCUT2D eigenvalue weighted by Gasteiger charge is 1.95. The average Bonchev–Trinajstić information content (AvgIpc) is 2.12. The molecule has 0 aliphatic carbocycles. The lowest BCUT2D eigenvalue weighted by molar-refractivity contribution is 0.904. The van der Waals surface area contributed by atoms with Crippen molar-refractivity contribution < 1.29 is 0 Å². The number of benzene rings is 1. The predicted octanol–water partition coefficient (Wildman–Crippen LogP) is 1.34. The fourth-order valence-corrected chi connectivity index (χ4v) is 1.26. The Hall–Kier alpha value is -1.57. The maximum atomic E-state index is 11.1. The molecule has 1 radical (unpaired) electrons. The SMILES string of the molecule is Cn1c(=O)[c]cc2ccccc21. The zero-order valence-corrected chi connectivity index (χ0v) is 6.74. The fourth-order valence-electron chi connectivity index (χ4n) is 1.26. The van der Waals surface area contributed by atoms with Gasteiger partial charge in [0, 0.05) is 7.05 Å². The molecule has 12 heavy (non-hydrogen) atoms. The number of nitrogens with zero attached hydrogens (tertiary/aromatic N) is 1. The van der Waals surface area contributed by atoms with Gasteiger partial charge in [-0.3, -0.25) is 4.79 Å². The average molecular weight is 158 g/mol. The van der Waals surface area contributed by atoms with Gasteiger partial charge in [-0.1, -0.05) is 18.2 Å². The summed E-state index contributed by atoms with van der Waals surface area (Å²) in [6, 6.07) is 12.1. The third-order valence-corrected chi connectivity index (χ3v) is 1.95. The van der Waals surface area contributed by atoms with Crippen molar-refractivity contribution in [2.45, 2.75) is 0 Å². The topological polar surface area (TPSA) is 22.0 Å². The molecule has 2 nitrogen and oxygen atoms in total. The van der Waals surface area contributed by atoms with E-state index in [0.717, 1.165) is 10.9 Å². The molecule has 0 bridgehead atoms. The van der Waals surface area contributed by atoms with Gasteiger partial charge in [-0.25, -0.2) is 0 Å². The van der Waals surface area contributed by atoms with Gasteiger partial charge in [0.05, 0.1) is 11.6 Å². The van der Waals surface area contributed by atoms with Gasteiger partial charge in [0.1, 0.15) is 0 Å². The first-order valence-electron chi connectivity index (χ1n) is 3.75. The van der Waals surface area contributed by atoms with E-state index in [2.05, 4.69) is 6.07 Å². The van der Waals surface area contributed by atoms with Crippen LogP contribution in [0.2, 0.25) is 0 Å². The molecule has 1 heterocycles. The minimum absolute atomic E-state index is 0.0892. The van der Waals surface area contributed by atoms with Gasteiger partial charge >= 0.3 is 0 Å². The highest BCUT2D eigenvalue weighted by molar-refractivity contribution is 5.78. The second-order valence-corrected chi connectivity index (χ2v) is 2.71. The number of pyridine rings is 1. The summed E-state index contributed by atoms with van der Waals surface area (Å²) < 4.78 is 1.59. The van der Waals surface area contributed by atoms with Gasteiger partial charge in [0.2, 0.25) is 0 Å². The number of aryl methyl sites for hydroxylation is 1. The lowest BCUT2D eigenvalue weighted by Gasteiger charge is -2.01. The molecule has 2 heteroatoms. The monoisotopic (exact) mass is 158 g/mol. The van der Waals surface area contributed by atoms with Crippen molar-refractivity contribution in [3.8, 4) is 0 Å². The molecule has 0 spiro atoms. The van der Waals surface area contributed by atoms with Gasteiger partial charge in [0.25, 0.3) is 5.56 Å². The summed E-state index contributed by atoms with van der Waals surface area (Å²) in [6.07, 6.45) is 0. The van der Waals surface area contributed by atoms with Crippen LogP contribution in [0.4, 0.5) is 0 Å². The van der Waals surface area contributed by atoms with E-state index in [1.165, 1.54) is 0 Å². The summed E-state index contributed by atoms with van der Waals surface area (Å²) in [5, 5.41) is 1.04. The first-order valence-corrected chi connectivity index (χ1v) is 3.75. The van der Waals surface area contributed by atoms with Crippen LogP contribution in [-0.2, 0) is 7.05 Å². The minimum atomic E-state index is -0.0892. The van der Waals surface area contributed by atoms with E-state index < -0.39 is 0 Å². The zero-order valence-electron chi connectivity index (χ0n) is 6.74. The first-order chi connectivity index (χ1) is 5.79. The zero-order chi connectivity index (χ0) is 8.55. The van der Waals surface area contributed by atoms with Crippen LogP contribution in [0, 0.1) is 6.07 Å². The van der Waals surface area contributed by atoms with E-state index in [4.69, 9.17) is 0 Å². The quantitative estimate of drug-likeness (QED) is 0.567. The minimum Gasteiger partial charge on any atom is -0.311 e. The second-order valence-electron chi connectivity index (χ2n) is 2.71. The first kappa shape index (κ1) is 7.10. The fraction of sp³-hybridized carbons (Fsp3) is 0.100. The molecule has 0 N–H and O–H groups in total. The molecule has 0 aliphatic rings. The van der Waals surface area contributed by atoms with Crippen LogP contribution in [-0.4, -0.2) is 4.57 Å². The van der Waals surface area contributed by atoms with E-state index in [1.54, 1.807) is 17.7 Å². The van der Waals surface area contributed by atoms with E-state index >= 15 is 0 Å². The Balaban J connectivity index is 3.01. The number of fused-ring (bicyclic) bond motifs is 1. The summed E-state index contributed by atoms with van der Waals surface area (Å²) in [5.41, 5.74) is 0.856. The van der Waals surface area contributed by atoms with Gasteiger partial charge in [-0.2, -0.15) is 0 Å².